The van der Waals surface area contributed by atoms with Crippen molar-refractivity contribution in [3.8, 4) is 0 Å². The van der Waals surface area contributed by atoms with Gasteiger partial charge in [0.15, 0.2) is 5.96 Å². The lowest BCUT2D eigenvalue weighted by molar-refractivity contribution is 0.313. The molecule has 0 aromatic rings. The summed E-state index contributed by atoms with van der Waals surface area (Å²) in [5, 5.41) is 3.14. The SMILES string of the molecule is CCN(CC)CCN=C(N)NC(C)(C)C.I. The van der Waals surface area contributed by atoms with Crippen LogP contribution in [0.3, 0.4) is 0 Å². The van der Waals surface area contributed by atoms with Crippen LogP contribution in [0.4, 0.5) is 0 Å². The first-order chi connectivity index (χ1) is 6.89. The largest absolute Gasteiger partial charge is 0.370 e. The maximum atomic E-state index is 5.75. The molecule has 0 aliphatic carbocycles. The lowest BCUT2D eigenvalue weighted by Gasteiger charge is -2.21. The Labute approximate surface area is 117 Å². The molecule has 0 aromatic carbocycles. The average Bonchev–Trinajstić information content (AvgIpc) is 2.09. The highest BCUT2D eigenvalue weighted by Gasteiger charge is 2.09. The van der Waals surface area contributed by atoms with Crippen molar-refractivity contribution in [3.05, 3.63) is 0 Å². The van der Waals surface area contributed by atoms with Gasteiger partial charge in [-0.3, -0.25) is 4.99 Å². The zero-order valence-corrected chi connectivity index (χ0v) is 13.5. The van der Waals surface area contributed by atoms with E-state index in [2.05, 4.69) is 49.8 Å². The van der Waals surface area contributed by atoms with Gasteiger partial charge in [0, 0.05) is 12.1 Å². The first-order valence-electron chi connectivity index (χ1n) is 5.69. The molecule has 0 saturated heterocycles. The fourth-order valence-electron chi connectivity index (χ4n) is 1.28. The van der Waals surface area contributed by atoms with E-state index in [-0.39, 0.29) is 29.5 Å². The second kappa shape index (κ2) is 9.04. The van der Waals surface area contributed by atoms with E-state index in [0.717, 1.165) is 26.2 Å². The molecule has 0 aromatic heterocycles. The van der Waals surface area contributed by atoms with Gasteiger partial charge in [0.25, 0.3) is 0 Å². The fourth-order valence-corrected chi connectivity index (χ4v) is 1.28. The molecule has 0 heterocycles. The van der Waals surface area contributed by atoms with Crippen molar-refractivity contribution in [3.63, 3.8) is 0 Å². The smallest absolute Gasteiger partial charge is 0.189 e. The lowest BCUT2D eigenvalue weighted by atomic mass is 10.1. The predicted molar refractivity (Wildman–Crippen MR) is 82.6 cm³/mol. The highest BCUT2D eigenvalue weighted by atomic mass is 127. The lowest BCUT2D eigenvalue weighted by Crippen LogP contribution is -2.45. The quantitative estimate of drug-likeness (QED) is 0.454. The maximum absolute atomic E-state index is 5.75. The van der Waals surface area contributed by atoms with Crippen LogP contribution < -0.4 is 11.1 Å². The van der Waals surface area contributed by atoms with E-state index in [0.29, 0.717) is 5.96 Å². The Bertz CT molecular complexity index is 195. The van der Waals surface area contributed by atoms with Crippen molar-refractivity contribution < 1.29 is 0 Å². The third-order valence-electron chi connectivity index (χ3n) is 2.10. The van der Waals surface area contributed by atoms with Crippen LogP contribution in [0.15, 0.2) is 4.99 Å². The molecular weight excluding hydrogens is 315 g/mol. The van der Waals surface area contributed by atoms with Gasteiger partial charge < -0.3 is 16.0 Å². The second-order valence-corrected chi connectivity index (χ2v) is 4.67. The van der Waals surface area contributed by atoms with E-state index < -0.39 is 0 Å². The number of guanidine groups is 1. The predicted octanol–water partition coefficient (Wildman–Crippen LogP) is 1.65. The minimum Gasteiger partial charge on any atom is -0.370 e. The molecule has 0 saturated carbocycles. The minimum atomic E-state index is -0.0111. The van der Waals surface area contributed by atoms with Crippen molar-refractivity contribution in [2.75, 3.05) is 26.2 Å². The summed E-state index contributed by atoms with van der Waals surface area (Å²) >= 11 is 0. The molecule has 0 amide bonds. The van der Waals surface area contributed by atoms with Crippen LogP contribution in [-0.2, 0) is 0 Å². The molecule has 3 N–H and O–H groups in total. The molecule has 0 aliphatic rings. The Morgan fingerprint density at radius 1 is 1.25 bits per heavy atom. The van der Waals surface area contributed by atoms with Gasteiger partial charge in [0.2, 0.25) is 0 Å². The van der Waals surface area contributed by atoms with Crippen LogP contribution in [0.1, 0.15) is 34.6 Å². The fraction of sp³-hybridized carbons (Fsp3) is 0.909. The first-order valence-corrected chi connectivity index (χ1v) is 5.69. The molecule has 0 bridgehead atoms. The Morgan fingerprint density at radius 3 is 2.12 bits per heavy atom. The van der Waals surface area contributed by atoms with Crippen LogP contribution in [0, 0.1) is 0 Å². The maximum Gasteiger partial charge on any atom is 0.189 e. The van der Waals surface area contributed by atoms with Gasteiger partial charge in [-0.05, 0) is 33.9 Å². The highest BCUT2D eigenvalue weighted by molar-refractivity contribution is 14.0. The number of aliphatic imine (C=N–C) groups is 1. The summed E-state index contributed by atoms with van der Waals surface area (Å²) in [7, 11) is 0. The summed E-state index contributed by atoms with van der Waals surface area (Å²) in [6.07, 6.45) is 0. The van der Waals surface area contributed by atoms with E-state index in [1.54, 1.807) is 0 Å². The molecule has 0 rings (SSSR count). The number of hydrogen-bond acceptors (Lipinski definition) is 2. The zero-order valence-electron chi connectivity index (χ0n) is 11.2. The highest BCUT2D eigenvalue weighted by Crippen LogP contribution is 1.96. The molecule has 0 spiro atoms. The zero-order chi connectivity index (χ0) is 11.9. The summed E-state index contributed by atoms with van der Waals surface area (Å²) in [6, 6.07) is 0. The van der Waals surface area contributed by atoms with Gasteiger partial charge >= 0.3 is 0 Å². The summed E-state index contributed by atoms with van der Waals surface area (Å²) in [4.78, 5) is 6.61. The van der Waals surface area contributed by atoms with Crippen molar-refractivity contribution >= 4 is 29.9 Å². The van der Waals surface area contributed by atoms with E-state index in [1.807, 2.05) is 0 Å². The molecule has 0 unspecified atom stereocenters. The molecule has 0 fully saturated rings. The molecule has 0 radical (unpaired) electrons. The van der Waals surface area contributed by atoms with Gasteiger partial charge in [0.1, 0.15) is 0 Å². The molecule has 0 aliphatic heterocycles. The van der Waals surface area contributed by atoms with Crippen molar-refractivity contribution in [1.82, 2.24) is 10.2 Å². The Balaban J connectivity index is 0. The van der Waals surface area contributed by atoms with Gasteiger partial charge in [-0.1, -0.05) is 13.8 Å². The van der Waals surface area contributed by atoms with Crippen LogP contribution in [0.25, 0.3) is 0 Å². The van der Waals surface area contributed by atoms with Crippen molar-refractivity contribution in [2.24, 2.45) is 10.7 Å². The van der Waals surface area contributed by atoms with E-state index in [9.17, 15) is 0 Å². The van der Waals surface area contributed by atoms with E-state index >= 15 is 0 Å². The second-order valence-electron chi connectivity index (χ2n) is 4.67. The molecule has 0 atom stereocenters. The number of nitrogens with one attached hydrogen (secondary N) is 1. The molecule has 5 heteroatoms. The summed E-state index contributed by atoms with van der Waals surface area (Å²) in [5.41, 5.74) is 5.74. The van der Waals surface area contributed by atoms with Crippen molar-refractivity contribution in [1.29, 1.82) is 0 Å². The Morgan fingerprint density at radius 2 is 1.75 bits per heavy atom. The van der Waals surface area contributed by atoms with Gasteiger partial charge in [-0.2, -0.15) is 0 Å². The number of halogens is 1. The Hall–Kier alpha value is -0.0400. The summed E-state index contributed by atoms with van der Waals surface area (Å²) < 4.78 is 0. The molecule has 4 nitrogen and oxygen atoms in total. The molecule has 98 valence electrons. The topological polar surface area (TPSA) is 53.6 Å². The third-order valence-corrected chi connectivity index (χ3v) is 2.10. The average molecular weight is 342 g/mol. The summed E-state index contributed by atoms with van der Waals surface area (Å²) in [5.74, 6) is 0.537. The number of nitrogens with zero attached hydrogens (tertiary/aromatic N) is 2. The minimum absolute atomic E-state index is 0. The first kappa shape index (κ1) is 18.3. The summed E-state index contributed by atoms with van der Waals surface area (Å²) in [6.45, 7) is 14.4. The van der Waals surface area contributed by atoms with Gasteiger partial charge in [0.05, 0.1) is 6.54 Å². The molecule has 16 heavy (non-hydrogen) atoms. The van der Waals surface area contributed by atoms with Gasteiger partial charge in [-0.25, -0.2) is 0 Å². The third kappa shape index (κ3) is 10.5. The standard InChI is InChI=1S/C11H26N4.HI/c1-6-15(7-2)9-8-13-10(12)14-11(3,4)5;/h6-9H2,1-5H3,(H3,12,13,14);1H. The van der Waals surface area contributed by atoms with Crippen molar-refractivity contribution in [2.45, 2.75) is 40.2 Å². The van der Waals surface area contributed by atoms with Crippen LogP contribution in [0.2, 0.25) is 0 Å². The number of rotatable bonds is 5. The Kier molecular flexibility index (Phi) is 10.4. The monoisotopic (exact) mass is 342 g/mol. The number of nitrogens with two attached hydrogens (primary N) is 1. The van der Waals surface area contributed by atoms with E-state index in [1.165, 1.54) is 0 Å². The van der Waals surface area contributed by atoms with Crippen LogP contribution in [-0.4, -0.2) is 42.6 Å². The number of likely N-dealkylation sites (N-methyl/N-ethyl adjacent to an activating group) is 1. The van der Waals surface area contributed by atoms with Gasteiger partial charge in [-0.15, -0.1) is 24.0 Å². The molecular formula is C11H27IN4. The normalized spacial score (nSPS) is 12.5. The van der Waals surface area contributed by atoms with Crippen LogP contribution in [0.5, 0.6) is 0 Å². The number of hydrogen-bond donors (Lipinski definition) is 2. The van der Waals surface area contributed by atoms with E-state index in [4.69, 9.17) is 5.73 Å². The van der Waals surface area contributed by atoms with Crippen LogP contribution >= 0.6 is 24.0 Å².